The molecule has 1 atom stereocenters. The van der Waals surface area contributed by atoms with Gasteiger partial charge in [-0.2, -0.15) is 0 Å². The molecule has 1 aliphatic heterocycles. The van der Waals surface area contributed by atoms with E-state index in [9.17, 15) is 0 Å². The first-order valence-electron chi connectivity index (χ1n) is 13.4. The molecule has 2 nitrogen and oxygen atoms in total. The maximum Gasteiger partial charge on any atom is 0.101 e. The van der Waals surface area contributed by atoms with Crippen LogP contribution in [0.2, 0.25) is 0 Å². The number of unbranched alkanes of at least 4 members (excludes halogenated alkanes) is 15. The third-order valence-corrected chi connectivity index (χ3v) is 6.59. The van der Waals surface area contributed by atoms with Gasteiger partial charge in [0.05, 0.1) is 0 Å². The van der Waals surface area contributed by atoms with Gasteiger partial charge in [0.1, 0.15) is 6.17 Å². The van der Waals surface area contributed by atoms with Gasteiger partial charge in [0.15, 0.2) is 0 Å². The van der Waals surface area contributed by atoms with Crippen LogP contribution in [0.15, 0.2) is 12.4 Å². The second-order valence-electron chi connectivity index (χ2n) is 9.65. The normalized spacial score (nSPS) is 16.5. The fraction of sp³-hybridized carbons (Fsp3) is 0.926. The van der Waals surface area contributed by atoms with Crippen molar-refractivity contribution in [1.82, 2.24) is 9.80 Å². The third kappa shape index (κ3) is 12.6. The lowest BCUT2D eigenvalue weighted by atomic mass is 10.0. The van der Waals surface area contributed by atoms with Gasteiger partial charge in [0, 0.05) is 25.0 Å². The van der Waals surface area contributed by atoms with Crippen molar-refractivity contribution >= 4 is 0 Å². The molecule has 0 radical (unpaired) electrons. The molecule has 0 aromatic carbocycles. The van der Waals surface area contributed by atoms with Crippen molar-refractivity contribution in [2.45, 2.75) is 155 Å². The molecule has 1 aliphatic rings. The number of hydrogen-bond acceptors (Lipinski definition) is 2. The molecule has 1 unspecified atom stereocenters. The zero-order chi connectivity index (χ0) is 21.2. The van der Waals surface area contributed by atoms with E-state index in [-0.39, 0.29) is 0 Å². The lowest BCUT2D eigenvalue weighted by Gasteiger charge is -2.35. The van der Waals surface area contributed by atoms with Crippen LogP contribution < -0.4 is 0 Å². The fourth-order valence-corrected chi connectivity index (χ4v) is 4.65. The quantitative estimate of drug-likeness (QED) is 0.186. The average Bonchev–Trinajstić information content (AvgIpc) is 3.11. The first-order valence-corrected chi connectivity index (χ1v) is 13.4. The molecule has 172 valence electrons. The Hall–Kier alpha value is -0.660. The van der Waals surface area contributed by atoms with E-state index in [4.69, 9.17) is 0 Å². The van der Waals surface area contributed by atoms with Crippen LogP contribution >= 0.6 is 0 Å². The molecule has 0 bridgehead atoms. The van der Waals surface area contributed by atoms with E-state index >= 15 is 0 Å². The zero-order valence-electron chi connectivity index (χ0n) is 20.6. The smallest absolute Gasteiger partial charge is 0.101 e. The summed E-state index contributed by atoms with van der Waals surface area (Å²) in [5.74, 6) is 0. The minimum atomic E-state index is 0.610. The molecule has 2 heteroatoms. The number of nitrogens with zero attached hydrogens (tertiary/aromatic N) is 2. The van der Waals surface area contributed by atoms with Crippen LogP contribution in [-0.2, 0) is 0 Å². The van der Waals surface area contributed by atoms with Gasteiger partial charge >= 0.3 is 0 Å². The molecule has 0 spiro atoms. The van der Waals surface area contributed by atoms with Crippen LogP contribution in [-0.4, -0.2) is 28.6 Å². The molecule has 0 aliphatic carbocycles. The van der Waals surface area contributed by atoms with E-state index in [1.165, 1.54) is 122 Å². The average molecular weight is 407 g/mol. The first-order chi connectivity index (χ1) is 14.2. The van der Waals surface area contributed by atoms with E-state index in [0.29, 0.717) is 12.2 Å². The number of hydrogen-bond donors (Lipinski definition) is 0. The van der Waals surface area contributed by atoms with E-state index in [1.807, 2.05) is 0 Å². The third-order valence-electron chi connectivity index (χ3n) is 6.59. The molecule has 0 amide bonds. The van der Waals surface area contributed by atoms with Crippen molar-refractivity contribution in [3.05, 3.63) is 12.4 Å². The Morgan fingerprint density at radius 2 is 1.03 bits per heavy atom. The summed E-state index contributed by atoms with van der Waals surface area (Å²) in [6.45, 7) is 10.5. The van der Waals surface area contributed by atoms with Gasteiger partial charge in [-0.15, -0.1) is 0 Å². The van der Waals surface area contributed by atoms with Crippen LogP contribution in [0.3, 0.4) is 0 Å². The van der Waals surface area contributed by atoms with Crippen molar-refractivity contribution in [3.63, 3.8) is 0 Å². The van der Waals surface area contributed by atoms with E-state index in [2.05, 4.69) is 49.9 Å². The molecule has 0 fully saturated rings. The predicted molar refractivity (Wildman–Crippen MR) is 131 cm³/mol. The van der Waals surface area contributed by atoms with Crippen molar-refractivity contribution < 1.29 is 0 Å². The summed E-state index contributed by atoms with van der Waals surface area (Å²) in [4.78, 5) is 5.19. The van der Waals surface area contributed by atoms with Crippen molar-refractivity contribution in [2.24, 2.45) is 0 Å². The van der Waals surface area contributed by atoms with Gasteiger partial charge in [-0.05, 0) is 33.1 Å². The highest BCUT2D eigenvalue weighted by atomic mass is 15.4. The fourth-order valence-electron chi connectivity index (χ4n) is 4.65. The maximum atomic E-state index is 2.61. The molecule has 1 heterocycles. The van der Waals surface area contributed by atoms with Crippen LogP contribution in [0.4, 0.5) is 0 Å². The Bertz CT molecular complexity index is 377. The van der Waals surface area contributed by atoms with Gasteiger partial charge in [-0.25, -0.2) is 0 Å². The summed E-state index contributed by atoms with van der Waals surface area (Å²) >= 11 is 0. The van der Waals surface area contributed by atoms with Gasteiger partial charge in [0.2, 0.25) is 0 Å². The summed E-state index contributed by atoms with van der Waals surface area (Å²) in [5, 5.41) is 0. The summed E-state index contributed by atoms with van der Waals surface area (Å²) in [6, 6.07) is 0.610. The lowest BCUT2D eigenvalue weighted by Crippen LogP contribution is -2.42. The molecular weight excluding hydrogens is 352 g/mol. The molecule has 0 aromatic heterocycles. The Balaban J connectivity index is 2.00. The monoisotopic (exact) mass is 406 g/mol. The second kappa shape index (κ2) is 18.1. The second-order valence-corrected chi connectivity index (χ2v) is 9.65. The molecule has 0 N–H and O–H groups in total. The van der Waals surface area contributed by atoms with E-state index < -0.39 is 0 Å². The van der Waals surface area contributed by atoms with Gasteiger partial charge in [-0.1, -0.05) is 110 Å². The van der Waals surface area contributed by atoms with Crippen LogP contribution in [0.1, 0.15) is 143 Å². The largest absolute Gasteiger partial charge is 0.356 e. The number of rotatable bonds is 20. The Kier molecular flexibility index (Phi) is 16.5. The molecular formula is C27H54N2. The first kappa shape index (κ1) is 26.4. The summed E-state index contributed by atoms with van der Waals surface area (Å²) in [7, 11) is 0. The molecule has 0 saturated heterocycles. The minimum absolute atomic E-state index is 0.610. The summed E-state index contributed by atoms with van der Waals surface area (Å²) in [6.07, 6.45) is 30.9. The summed E-state index contributed by atoms with van der Waals surface area (Å²) < 4.78 is 0. The van der Waals surface area contributed by atoms with Gasteiger partial charge < -0.3 is 9.80 Å². The standard InChI is InChI=1S/C27H54N2/c1-5-7-9-10-11-12-13-14-15-16-17-18-19-20-22-27-28(23-21-8-6-2)24-25-29(27)26(3)4/h24-27H,5-23H2,1-4H3. The van der Waals surface area contributed by atoms with Crippen molar-refractivity contribution in [1.29, 1.82) is 0 Å². The topological polar surface area (TPSA) is 6.48 Å². The Labute approximate surface area is 184 Å². The van der Waals surface area contributed by atoms with Gasteiger partial charge in [0.25, 0.3) is 0 Å². The predicted octanol–water partition coefficient (Wildman–Crippen LogP) is 8.87. The Morgan fingerprint density at radius 1 is 0.586 bits per heavy atom. The highest BCUT2D eigenvalue weighted by molar-refractivity contribution is 4.98. The minimum Gasteiger partial charge on any atom is -0.356 e. The van der Waals surface area contributed by atoms with Crippen LogP contribution in [0, 0.1) is 0 Å². The highest BCUT2D eigenvalue weighted by Crippen LogP contribution is 2.24. The molecule has 1 rings (SSSR count). The van der Waals surface area contributed by atoms with Crippen molar-refractivity contribution in [3.8, 4) is 0 Å². The van der Waals surface area contributed by atoms with Crippen LogP contribution in [0.5, 0.6) is 0 Å². The van der Waals surface area contributed by atoms with E-state index in [1.54, 1.807) is 0 Å². The Morgan fingerprint density at radius 3 is 1.52 bits per heavy atom. The molecule has 29 heavy (non-hydrogen) atoms. The van der Waals surface area contributed by atoms with Crippen LogP contribution in [0.25, 0.3) is 0 Å². The van der Waals surface area contributed by atoms with Crippen molar-refractivity contribution in [2.75, 3.05) is 6.54 Å². The lowest BCUT2D eigenvalue weighted by molar-refractivity contribution is 0.114. The highest BCUT2D eigenvalue weighted by Gasteiger charge is 2.26. The van der Waals surface area contributed by atoms with Gasteiger partial charge in [-0.3, -0.25) is 0 Å². The SMILES string of the molecule is CCCCCCCCCCCCCCCCC1N(CCCCC)C=CN1C(C)C. The molecule has 0 aromatic rings. The summed E-state index contributed by atoms with van der Waals surface area (Å²) in [5.41, 5.74) is 0. The maximum absolute atomic E-state index is 2.61. The molecule has 0 saturated carbocycles. The zero-order valence-corrected chi connectivity index (χ0v) is 20.6. The van der Waals surface area contributed by atoms with E-state index in [0.717, 1.165) is 0 Å².